The summed E-state index contributed by atoms with van der Waals surface area (Å²) in [5, 5.41) is 2.74. The van der Waals surface area contributed by atoms with Crippen LogP contribution in [0.3, 0.4) is 0 Å². The molecule has 0 spiro atoms. The van der Waals surface area contributed by atoms with E-state index >= 15 is 0 Å². The van der Waals surface area contributed by atoms with Crippen molar-refractivity contribution >= 4 is 21.6 Å². The van der Waals surface area contributed by atoms with Gasteiger partial charge in [-0.3, -0.25) is 9.52 Å². The molecule has 0 saturated heterocycles. The summed E-state index contributed by atoms with van der Waals surface area (Å²) in [6, 6.07) is 12.2. The molecule has 2 aromatic rings. The van der Waals surface area contributed by atoms with Gasteiger partial charge in [0.05, 0.1) is 11.5 Å². The predicted molar refractivity (Wildman–Crippen MR) is 101 cm³/mol. The first-order valence-electron chi connectivity index (χ1n) is 8.22. The zero-order valence-electron chi connectivity index (χ0n) is 14.7. The van der Waals surface area contributed by atoms with Gasteiger partial charge < -0.3 is 15.8 Å². The standard InChI is InChI=1S/C18H23N3O4S/c1-3-25-16-8-10-17(11-9-16)26(23,24)21-15-6-4-14(5-7-15)18(22)20-13(2)12-19/h4-11,13,21H,3,12,19H2,1-2H3,(H,20,22)/t13-/m0/s1. The molecule has 0 bridgehead atoms. The Morgan fingerprint density at radius 3 is 2.27 bits per heavy atom. The SMILES string of the molecule is CCOc1ccc(S(=O)(=O)Nc2ccc(C(=O)N[C@@H](C)CN)cc2)cc1. The fourth-order valence-electron chi connectivity index (χ4n) is 2.15. The first-order chi connectivity index (χ1) is 12.4. The highest BCUT2D eigenvalue weighted by molar-refractivity contribution is 7.92. The molecule has 0 fully saturated rings. The Labute approximate surface area is 153 Å². The van der Waals surface area contributed by atoms with Gasteiger partial charge >= 0.3 is 0 Å². The van der Waals surface area contributed by atoms with Crippen molar-refractivity contribution in [3.63, 3.8) is 0 Å². The fourth-order valence-corrected chi connectivity index (χ4v) is 3.21. The maximum Gasteiger partial charge on any atom is 0.261 e. The largest absolute Gasteiger partial charge is 0.494 e. The molecule has 1 amide bonds. The molecule has 0 saturated carbocycles. The molecule has 1 atom stereocenters. The number of carbonyl (C=O) groups is 1. The van der Waals surface area contributed by atoms with Crippen LogP contribution >= 0.6 is 0 Å². The van der Waals surface area contributed by atoms with Gasteiger partial charge in [0.1, 0.15) is 5.75 Å². The number of sulfonamides is 1. The fraction of sp³-hybridized carbons (Fsp3) is 0.278. The molecule has 140 valence electrons. The van der Waals surface area contributed by atoms with E-state index in [4.69, 9.17) is 10.5 Å². The summed E-state index contributed by atoms with van der Waals surface area (Å²) >= 11 is 0. The highest BCUT2D eigenvalue weighted by atomic mass is 32.2. The number of ether oxygens (including phenoxy) is 1. The Balaban J connectivity index is 2.08. The van der Waals surface area contributed by atoms with Crippen molar-refractivity contribution in [2.24, 2.45) is 5.73 Å². The van der Waals surface area contributed by atoms with Gasteiger partial charge in [-0.05, 0) is 62.4 Å². The minimum atomic E-state index is -3.72. The quantitative estimate of drug-likeness (QED) is 0.651. The van der Waals surface area contributed by atoms with Crippen LogP contribution in [0.15, 0.2) is 53.4 Å². The number of nitrogens with two attached hydrogens (primary N) is 1. The predicted octanol–water partition coefficient (Wildman–Crippen LogP) is 1.96. The van der Waals surface area contributed by atoms with Crippen molar-refractivity contribution in [2.75, 3.05) is 17.9 Å². The molecule has 0 aliphatic carbocycles. The number of amides is 1. The summed E-state index contributed by atoms with van der Waals surface area (Å²) in [6.07, 6.45) is 0. The van der Waals surface area contributed by atoms with Gasteiger partial charge in [0.15, 0.2) is 0 Å². The van der Waals surface area contributed by atoms with E-state index in [1.807, 2.05) is 6.92 Å². The van der Waals surface area contributed by atoms with Crippen LogP contribution in [0, 0.1) is 0 Å². The zero-order chi connectivity index (χ0) is 19.2. The van der Waals surface area contributed by atoms with Gasteiger partial charge in [0, 0.05) is 23.8 Å². The molecule has 7 nitrogen and oxygen atoms in total. The van der Waals surface area contributed by atoms with Crippen LogP contribution in [0.25, 0.3) is 0 Å². The second-order valence-corrected chi connectivity index (χ2v) is 7.38. The minimum absolute atomic E-state index is 0.125. The van der Waals surface area contributed by atoms with Gasteiger partial charge in [0.25, 0.3) is 15.9 Å². The molecule has 2 rings (SSSR count). The van der Waals surface area contributed by atoms with E-state index in [1.165, 1.54) is 24.3 Å². The Bertz CT molecular complexity index is 834. The van der Waals surface area contributed by atoms with Crippen LogP contribution in [0.2, 0.25) is 0 Å². The molecular weight excluding hydrogens is 354 g/mol. The van der Waals surface area contributed by atoms with Crippen molar-refractivity contribution in [1.82, 2.24) is 5.32 Å². The number of nitrogens with one attached hydrogen (secondary N) is 2. The maximum atomic E-state index is 12.4. The van der Waals surface area contributed by atoms with Crippen molar-refractivity contribution < 1.29 is 17.9 Å². The molecule has 0 aliphatic rings. The minimum Gasteiger partial charge on any atom is -0.494 e. The van der Waals surface area contributed by atoms with Crippen LogP contribution in [0.4, 0.5) is 5.69 Å². The van der Waals surface area contributed by atoms with E-state index in [0.717, 1.165) is 0 Å². The third-order valence-electron chi connectivity index (χ3n) is 3.58. The third kappa shape index (κ3) is 5.21. The van der Waals surface area contributed by atoms with Crippen LogP contribution in [0.5, 0.6) is 5.75 Å². The van der Waals surface area contributed by atoms with Crippen molar-refractivity contribution in [3.8, 4) is 5.75 Å². The van der Waals surface area contributed by atoms with Gasteiger partial charge in [-0.25, -0.2) is 8.42 Å². The number of hydrogen-bond donors (Lipinski definition) is 3. The average molecular weight is 377 g/mol. The smallest absolute Gasteiger partial charge is 0.261 e. The van der Waals surface area contributed by atoms with Crippen LogP contribution < -0.4 is 20.5 Å². The van der Waals surface area contributed by atoms with E-state index in [0.29, 0.717) is 30.2 Å². The Kier molecular flexibility index (Phi) is 6.59. The second kappa shape index (κ2) is 8.68. The molecule has 26 heavy (non-hydrogen) atoms. The molecule has 2 aromatic carbocycles. The number of hydrogen-bond acceptors (Lipinski definition) is 5. The lowest BCUT2D eigenvalue weighted by molar-refractivity contribution is 0.0941. The molecular formula is C18H23N3O4S. The van der Waals surface area contributed by atoms with Crippen LogP contribution in [-0.2, 0) is 10.0 Å². The lowest BCUT2D eigenvalue weighted by atomic mass is 10.2. The lowest BCUT2D eigenvalue weighted by Gasteiger charge is -2.12. The number of benzene rings is 2. The third-order valence-corrected chi connectivity index (χ3v) is 4.97. The van der Waals surface area contributed by atoms with Gasteiger partial charge in [-0.15, -0.1) is 0 Å². The second-order valence-electron chi connectivity index (χ2n) is 5.70. The number of carbonyl (C=O) groups excluding carboxylic acids is 1. The Morgan fingerprint density at radius 1 is 1.12 bits per heavy atom. The van der Waals surface area contributed by atoms with E-state index < -0.39 is 10.0 Å². The van der Waals surface area contributed by atoms with E-state index in [-0.39, 0.29) is 16.8 Å². The van der Waals surface area contributed by atoms with Crippen molar-refractivity contribution in [1.29, 1.82) is 0 Å². The summed E-state index contributed by atoms with van der Waals surface area (Å²) < 4.78 is 32.6. The summed E-state index contributed by atoms with van der Waals surface area (Å²) in [5.41, 5.74) is 6.26. The van der Waals surface area contributed by atoms with Crippen molar-refractivity contribution in [3.05, 3.63) is 54.1 Å². The highest BCUT2D eigenvalue weighted by Gasteiger charge is 2.15. The highest BCUT2D eigenvalue weighted by Crippen LogP contribution is 2.19. The van der Waals surface area contributed by atoms with E-state index in [1.54, 1.807) is 31.2 Å². The molecule has 4 N–H and O–H groups in total. The molecule has 0 aliphatic heterocycles. The van der Waals surface area contributed by atoms with Crippen LogP contribution in [-0.4, -0.2) is 33.5 Å². The van der Waals surface area contributed by atoms with E-state index in [9.17, 15) is 13.2 Å². The van der Waals surface area contributed by atoms with Crippen LogP contribution in [0.1, 0.15) is 24.2 Å². The monoisotopic (exact) mass is 377 g/mol. The van der Waals surface area contributed by atoms with E-state index in [2.05, 4.69) is 10.0 Å². The van der Waals surface area contributed by atoms with Gasteiger partial charge in [-0.2, -0.15) is 0 Å². The maximum absolute atomic E-state index is 12.4. The Hall–Kier alpha value is -2.58. The van der Waals surface area contributed by atoms with Crippen molar-refractivity contribution in [2.45, 2.75) is 24.8 Å². The topological polar surface area (TPSA) is 111 Å². The molecule has 0 aromatic heterocycles. The Morgan fingerprint density at radius 2 is 1.73 bits per heavy atom. The molecule has 0 radical (unpaired) electrons. The first kappa shape index (κ1) is 19.7. The normalized spacial score (nSPS) is 12.3. The molecule has 0 heterocycles. The summed E-state index contributed by atoms with van der Waals surface area (Å²) in [4.78, 5) is 12.1. The summed E-state index contributed by atoms with van der Waals surface area (Å²) in [5.74, 6) is 0.345. The lowest BCUT2D eigenvalue weighted by Crippen LogP contribution is -2.37. The van der Waals surface area contributed by atoms with Gasteiger partial charge in [0.2, 0.25) is 0 Å². The summed E-state index contributed by atoms with van der Waals surface area (Å²) in [6.45, 7) is 4.50. The van der Waals surface area contributed by atoms with Gasteiger partial charge in [-0.1, -0.05) is 0 Å². The number of anilines is 1. The molecule has 8 heteroatoms. The average Bonchev–Trinajstić information content (AvgIpc) is 2.62. The number of rotatable bonds is 8. The zero-order valence-corrected chi connectivity index (χ0v) is 15.5. The summed E-state index contributed by atoms with van der Waals surface area (Å²) in [7, 11) is -3.72. The first-order valence-corrected chi connectivity index (χ1v) is 9.70. The molecule has 0 unspecified atom stereocenters.